The highest BCUT2D eigenvalue weighted by Crippen LogP contribution is 2.50. The molecule has 9 aromatic rings. The number of rotatable bonds is 5. The Morgan fingerprint density at radius 2 is 0.957 bits per heavy atom. The number of nitrogens with zero attached hydrogens (tertiary/aromatic N) is 2. The zero-order valence-corrected chi connectivity index (χ0v) is 23.3. The van der Waals surface area contributed by atoms with Crippen LogP contribution in [0.3, 0.4) is 0 Å². The molecule has 3 aromatic heterocycles. The topological polar surface area (TPSA) is 38.9 Å². The van der Waals surface area contributed by atoms with Crippen LogP contribution in [0.15, 0.2) is 174 Å². The first-order valence-corrected chi connectivity index (χ1v) is 13.6. The normalized spacial score (nSPS) is 19.7. The Balaban J connectivity index is 1.62. The van der Waals surface area contributed by atoms with Crippen molar-refractivity contribution >= 4 is 32.6 Å². The fraction of sp³-hybridized carbons (Fsp3) is 0. The molecule has 3 heterocycles. The van der Waals surface area contributed by atoms with Crippen LogP contribution in [0.2, 0.25) is 0 Å². The lowest BCUT2D eigenvalue weighted by Gasteiger charge is -2.14. The predicted molar refractivity (Wildman–Crippen MR) is 194 cm³/mol. The molecule has 3 nitrogen and oxygen atoms in total. The minimum Gasteiger partial charge on any atom is -0.455 e. The van der Waals surface area contributed by atoms with E-state index in [1.165, 1.54) is 0 Å². The van der Waals surface area contributed by atoms with Gasteiger partial charge in [0.1, 0.15) is 11.5 Å². The molecular weight excluding hydrogens is 572 g/mol. The molecule has 0 aliphatic rings. The Bertz CT molecular complexity index is 4080. The summed E-state index contributed by atoms with van der Waals surface area (Å²) in [4.78, 5) is 8.47. The van der Waals surface area contributed by atoms with Gasteiger partial charge in [-0.1, -0.05) is 151 Å². The van der Waals surface area contributed by atoms with Crippen LogP contribution in [0.4, 0.5) is 0 Å². The summed E-state index contributed by atoms with van der Waals surface area (Å²) in [5, 5.41) is -2.67. The van der Waals surface area contributed by atoms with Crippen molar-refractivity contribution in [2.75, 3.05) is 0 Å². The van der Waals surface area contributed by atoms with Crippen molar-refractivity contribution in [3.05, 3.63) is 169 Å². The number of hydrogen-bond acceptors (Lipinski definition) is 3. The maximum absolute atomic E-state index is 9.91. The lowest BCUT2D eigenvalue weighted by atomic mass is 9.87. The maximum atomic E-state index is 9.91. The van der Waals surface area contributed by atoms with Gasteiger partial charge in [-0.2, -0.15) is 0 Å². The molecule has 47 heavy (non-hydrogen) atoms. The van der Waals surface area contributed by atoms with Crippen molar-refractivity contribution in [2.45, 2.75) is 0 Å². The first-order valence-electron chi connectivity index (χ1n) is 27.6. The average Bonchev–Trinajstić information content (AvgIpc) is 3.75. The number of hydrogen-bond donors (Lipinski definition) is 0. The molecule has 3 heteroatoms. The number of benzene rings is 6. The first kappa shape index (κ1) is 10.9. The number of fused-ring (bicyclic) bond motifs is 4. The van der Waals surface area contributed by atoms with Gasteiger partial charge in [-0.25, -0.2) is 4.98 Å². The Kier molecular flexibility index (Phi) is 2.60. The molecule has 0 amide bonds. The van der Waals surface area contributed by atoms with E-state index in [4.69, 9.17) is 33.2 Å². The Morgan fingerprint density at radius 1 is 0.426 bits per heavy atom. The second-order valence-electron chi connectivity index (χ2n) is 9.64. The highest BCUT2D eigenvalue weighted by molar-refractivity contribution is 6.11. The van der Waals surface area contributed by atoms with Crippen molar-refractivity contribution in [3.8, 4) is 56.2 Å². The van der Waals surface area contributed by atoms with Crippen LogP contribution in [0.5, 0.6) is 0 Å². The summed E-state index contributed by atoms with van der Waals surface area (Å²) in [7, 11) is 0. The maximum Gasteiger partial charge on any atom is 0.143 e. The predicted octanol–water partition coefficient (Wildman–Crippen LogP) is 11.9. The molecule has 0 saturated carbocycles. The molecular formula is C44H28N2O. The third-order valence-electron chi connectivity index (χ3n) is 7.05. The van der Waals surface area contributed by atoms with E-state index in [9.17, 15) is 9.60 Å². The second-order valence-corrected chi connectivity index (χ2v) is 9.64. The standard InChI is InChI=1S/C44H28N2O/c1-4-13-29(14-5-1)39-40(44(33-17-8-3-9-18-33)47-43(39)32-15-6-2-7-16-32)37-26-25-36(34-20-10-11-21-35(34)37)38-27-24-31-23-22-30-19-12-28-45-41(30)42(31)46-38/h1-28H/i1D,2D,3D,4D,5D,6D,7D,8D,9D,10D,11D,12D,13D,14D,15D,16D,17D,18D,19D,20D,21D,22D,23D,24D,25D,26D,27D,28D. The zero-order chi connectivity index (χ0) is 55.5. The summed E-state index contributed by atoms with van der Waals surface area (Å²) < 4.78 is 255. The molecule has 0 bridgehead atoms. The summed E-state index contributed by atoms with van der Waals surface area (Å²) >= 11 is 0. The van der Waals surface area contributed by atoms with Crippen LogP contribution in [0.25, 0.3) is 88.7 Å². The molecule has 0 unspecified atom stereocenters. The Hall–Kier alpha value is -6.32. The van der Waals surface area contributed by atoms with Gasteiger partial charge < -0.3 is 4.42 Å². The number of furan rings is 1. The van der Waals surface area contributed by atoms with Crippen molar-refractivity contribution in [3.63, 3.8) is 0 Å². The van der Waals surface area contributed by atoms with Gasteiger partial charge in [-0.3, -0.25) is 4.98 Å². The molecule has 0 radical (unpaired) electrons. The van der Waals surface area contributed by atoms with Crippen molar-refractivity contribution in [2.24, 2.45) is 0 Å². The Morgan fingerprint density at radius 3 is 1.64 bits per heavy atom. The SMILES string of the molecule is [2H]c1nc2c(c([2H])c1[2H])c([2H])c([2H])c1c([2H])c([2H])c(-c3c([2H])c([2H])c(-c4c(-c5c([2H])c([2H])c([2H])c([2H])c5[2H])oc(-c5c([2H])c([2H])c([2H])c([2H])c5[2H])c4-c4c([2H])c([2H])c([2H])c([2H])c4[2H])c4c([2H])c([2H])c([2H])c([2H])c34)nc12. The van der Waals surface area contributed by atoms with Crippen molar-refractivity contribution < 1.29 is 42.8 Å². The van der Waals surface area contributed by atoms with E-state index < -0.39 is 258 Å². The smallest absolute Gasteiger partial charge is 0.143 e. The zero-order valence-electron chi connectivity index (χ0n) is 51.3. The van der Waals surface area contributed by atoms with E-state index >= 15 is 0 Å². The van der Waals surface area contributed by atoms with Crippen LogP contribution < -0.4 is 0 Å². The lowest BCUT2D eigenvalue weighted by Crippen LogP contribution is -1.92. The van der Waals surface area contributed by atoms with E-state index in [0.717, 1.165) is 0 Å². The molecule has 0 aliphatic carbocycles. The van der Waals surface area contributed by atoms with E-state index in [1.54, 1.807) is 0 Å². The molecule has 6 aromatic carbocycles. The van der Waals surface area contributed by atoms with E-state index in [2.05, 4.69) is 9.97 Å². The van der Waals surface area contributed by atoms with E-state index in [-0.39, 0.29) is 0 Å². The van der Waals surface area contributed by atoms with Gasteiger partial charge in [0.25, 0.3) is 0 Å². The monoisotopic (exact) mass is 628 g/mol. The third-order valence-corrected chi connectivity index (χ3v) is 7.05. The molecule has 0 saturated heterocycles. The van der Waals surface area contributed by atoms with Crippen LogP contribution in [-0.2, 0) is 0 Å². The fourth-order valence-corrected chi connectivity index (χ4v) is 5.10. The lowest BCUT2D eigenvalue weighted by molar-refractivity contribution is 0.599. The molecule has 0 N–H and O–H groups in total. The van der Waals surface area contributed by atoms with Gasteiger partial charge in [0.2, 0.25) is 0 Å². The highest BCUT2D eigenvalue weighted by Gasteiger charge is 2.26. The van der Waals surface area contributed by atoms with Gasteiger partial charge in [0.05, 0.1) is 55.1 Å². The van der Waals surface area contributed by atoms with Crippen LogP contribution in [-0.4, -0.2) is 9.97 Å². The summed E-state index contributed by atoms with van der Waals surface area (Å²) in [5.41, 5.74) is -8.23. The van der Waals surface area contributed by atoms with Gasteiger partial charge >= 0.3 is 0 Å². The van der Waals surface area contributed by atoms with Crippen molar-refractivity contribution in [1.29, 1.82) is 0 Å². The second kappa shape index (κ2) is 11.2. The van der Waals surface area contributed by atoms with Crippen LogP contribution >= 0.6 is 0 Å². The summed E-state index contributed by atoms with van der Waals surface area (Å²) in [6.45, 7) is 0. The minimum atomic E-state index is -1.18. The molecule has 0 spiro atoms. The number of aromatic nitrogens is 2. The third kappa shape index (κ3) is 4.60. The summed E-state index contributed by atoms with van der Waals surface area (Å²) in [6.07, 6.45) is -0.803. The van der Waals surface area contributed by atoms with E-state index in [0.29, 0.717) is 0 Å². The Labute approximate surface area is 311 Å². The van der Waals surface area contributed by atoms with Gasteiger partial charge in [0, 0.05) is 44.8 Å². The molecule has 0 aliphatic heterocycles. The van der Waals surface area contributed by atoms with Crippen LogP contribution in [0, 0.1) is 0 Å². The van der Waals surface area contributed by atoms with E-state index in [1.807, 2.05) is 0 Å². The van der Waals surface area contributed by atoms with Crippen molar-refractivity contribution in [1.82, 2.24) is 9.97 Å². The molecule has 0 atom stereocenters. The van der Waals surface area contributed by atoms with Gasteiger partial charge in [-0.05, 0) is 34.0 Å². The minimum absolute atomic E-state index is 0.478. The quantitative estimate of drug-likeness (QED) is 0.178. The number of pyridine rings is 2. The van der Waals surface area contributed by atoms with Crippen LogP contribution in [0.1, 0.15) is 38.4 Å². The highest BCUT2D eigenvalue weighted by atomic mass is 16.3. The largest absolute Gasteiger partial charge is 0.455 e. The molecule has 220 valence electrons. The summed E-state index contributed by atoms with van der Waals surface area (Å²) in [5.74, 6) is -2.03. The van der Waals surface area contributed by atoms with Gasteiger partial charge in [-0.15, -0.1) is 0 Å². The molecule has 0 fully saturated rings. The average molecular weight is 629 g/mol. The molecule has 9 rings (SSSR count). The van der Waals surface area contributed by atoms with Gasteiger partial charge in [0.15, 0.2) is 0 Å². The fourth-order valence-electron chi connectivity index (χ4n) is 5.10. The summed E-state index contributed by atoms with van der Waals surface area (Å²) in [6, 6.07) is -26.9. The first-order chi connectivity index (χ1) is 34.9.